The lowest BCUT2D eigenvalue weighted by Gasteiger charge is -2.13. The lowest BCUT2D eigenvalue weighted by molar-refractivity contribution is 0.0626. The molecule has 0 amide bonds. The number of halogens is 2. The van der Waals surface area contributed by atoms with Crippen LogP contribution < -0.4 is 9.47 Å². The van der Waals surface area contributed by atoms with E-state index in [9.17, 15) is 9.50 Å². The second kappa shape index (κ2) is 7.12. The summed E-state index contributed by atoms with van der Waals surface area (Å²) in [5.74, 6) is 0.788. The van der Waals surface area contributed by atoms with E-state index in [0.29, 0.717) is 16.5 Å². The van der Waals surface area contributed by atoms with Crippen molar-refractivity contribution in [1.29, 1.82) is 0 Å². The van der Waals surface area contributed by atoms with Crippen LogP contribution in [0.25, 0.3) is 0 Å². The number of aliphatic hydroxyl groups is 1. The van der Waals surface area contributed by atoms with E-state index < -0.39 is 6.10 Å². The molecule has 2 aromatic carbocycles. The minimum Gasteiger partial charge on any atom is -0.491 e. The molecule has 0 aromatic heterocycles. The molecule has 20 heavy (non-hydrogen) atoms. The van der Waals surface area contributed by atoms with Crippen molar-refractivity contribution in [2.24, 2.45) is 0 Å². The maximum absolute atomic E-state index is 12.7. The smallest absolute Gasteiger partial charge is 0.123 e. The third-order valence-electron chi connectivity index (χ3n) is 2.51. The summed E-state index contributed by atoms with van der Waals surface area (Å²) in [5.41, 5.74) is 0. The Hall–Kier alpha value is -1.78. The zero-order valence-corrected chi connectivity index (χ0v) is 11.4. The van der Waals surface area contributed by atoms with E-state index in [0.717, 1.165) is 0 Å². The Balaban J connectivity index is 1.73. The minimum atomic E-state index is -0.782. The van der Waals surface area contributed by atoms with Gasteiger partial charge in [0, 0.05) is 5.02 Å². The predicted molar refractivity (Wildman–Crippen MR) is 74.8 cm³/mol. The van der Waals surface area contributed by atoms with Crippen LogP contribution in [0.15, 0.2) is 48.5 Å². The first-order valence-electron chi connectivity index (χ1n) is 6.08. The molecule has 0 radical (unpaired) electrons. The van der Waals surface area contributed by atoms with Gasteiger partial charge in [0.15, 0.2) is 0 Å². The zero-order valence-electron chi connectivity index (χ0n) is 10.6. The summed E-state index contributed by atoms with van der Waals surface area (Å²) in [4.78, 5) is 0. The van der Waals surface area contributed by atoms with Gasteiger partial charge in [-0.3, -0.25) is 0 Å². The van der Waals surface area contributed by atoms with Gasteiger partial charge in [-0.05, 0) is 48.5 Å². The van der Waals surface area contributed by atoms with Crippen LogP contribution in [0.3, 0.4) is 0 Å². The molecule has 0 saturated heterocycles. The highest BCUT2D eigenvalue weighted by atomic mass is 35.5. The summed E-state index contributed by atoms with van der Waals surface area (Å²) in [7, 11) is 0. The van der Waals surface area contributed by atoms with Crippen molar-refractivity contribution in [3.8, 4) is 11.5 Å². The molecule has 3 nitrogen and oxygen atoms in total. The highest BCUT2D eigenvalue weighted by Gasteiger charge is 2.07. The van der Waals surface area contributed by atoms with Crippen molar-refractivity contribution in [2.45, 2.75) is 6.10 Å². The quantitative estimate of drug-likeness (QED) is 0.889. The van der Waals surface area contributed by atoms with Crippen molar-refractivity contribution in [1.82, 2.24) is 0 Å². The van der Waals surface area contributed by atoms with Crippen molar-refractivity contribution in [3.63, 3.8) is 0 Å². The Morgan fingerprint density at radius 2 is 1.35 bits per heavy atom. The number of rotatable bonds is 6. The van der Waals surface area contributed by atoms with E-state index in [-0.39, 0.29) is 19.0 Å². The van der Waals surface area contributed by atoms with Crippen LogP contribution in [0.4, 0.5) is 4.39 Å². The largest absolute Gasteiger partial charge is 0.491 e. The van der Waals surface area contributed by atoms with Crippen LogP contribution in [-0.2, 0) is 0 Å². The summed E-state index contributed by atoms with van der Waals surface area (Å²) >= 11 is 5.75. The molecular weight excluding hydrogens is 283 g/mol. The molecule has 0 aliphatic heterocycles. The number of hydrogen-bond acceptors (Lipinski definition) is 3. The molecule has 0 unspecified atom stereocenters. The summed E-state index contributed by atoms with van der Waals surface area (Å²) in [6.07, 6.45) is -0.782. The summed E-state index contributed by atoms with van der Waals surface area (Å²) in [5, 5.41) is 10.4. The van der Waals surface area contributed by atoms with Gasteiger partial charge in [-0.2, -0.15) is 0 Å². The van der Waals surface area contributed by atoms with Crippen molar-refractivity contribution in [3.05, 3.63) is 59.4 Å². The molecule has 0 bridgehead atoms. The lowest BCUT2D eigenvalue weighted by Crippen LogP contribution is -2.25. The first-order valence-corrected chi connectivity index (χ1v) is 6.46. The van der Waals surface area contributed by atoms with Gasteiger partial charge in [0.25, 0.3) is 0 Å². The molecule has 2 aromatic rings. The summed E-state index contributed by atoms with van der Waals surface area (Å²) in [6, 6.07) is 12.4. The second-order valence-electron chi connectivity index (χ2n) is 4.18. The number of benzene rings is 2. The van der Waals surface area contributed by atoms with Crippen LogP contribution >= 0.6 is 11.6 Å². The molecule has 0 heterocycles. The van der Waals surface area contributed by atoms with Gasteiger partial charge in [-0.1, -0.05) is 11.6 Å². The maximum atomic E-state index is 12.7. The van der Waals surface area contributed by atoms with Crippen molar-refractivity contribution in [2.75, 3.05) is 13.2 Å². The van der Waals surface area contributed by atoms with E-state index in [1.807, 2.05) is 0 Å². The standard InChI is InChI=1S/C15H14ClFO3/c16-11-1-5-14(6-2-11)19-9-13(18)10-20-15-7-3-12(17)4-8-15/h1-8,13,18H,9-10H2/t13-/m0/s1. The molecule has 0 fully saturated rings. The number of hydrogen-bond donors (Lipinski definition) is 1. The van der Waals surface area contributed by atoms with Gasteiger partial charge in [0.1, 0.15) is 36.6 Å². The molecule has 0 aliphatic rings. The van der Waals surface area contributed by atoms with Gasteiger partial charge in [0.05, 0.1) is 0 Å². The van der Waals surface area contributed by atoms with E-state index in [1.165, 1.54) is 24.3 Å². The van der Waals surface area contributed by atoms with Crippen LogP contribution in [0.5, 0.6) is 11.5 Å². The molecule has 5 heteroatoms. The monoisotopic (exact) mass is 296 g/mol. The van der Waals surface area contributed by atoms with E-state index >= 15 is 0 Å². The topological polar surface area (TPSA) is 38.7 Å². The number of ether oxygens (including phenoxy) is 2. The average Bonchev–Trinajstić information content (AvgIpc) is 2.46. The first-order chi connectivity index (χ1) is 9.63. The third-order valence-corrected chi connectivity index (χ3v) is 2.76. The molecule has 0 aliphatic carbocycles. The lowest BCUT2D eigenvalue weighted by atomic mass is 10.3. The molecule has 0 saturated carbocycles. The normalized spacial score (nSPS) is 11.9. The SMILES string of the molecule is O[C@H](COc1ccc(F)cc1)COc1ccc(Cl)cc1. The minimum absolute atomic E-state index is 0.0687. The Bertz CT molecular complexity index is 478. The van der Waals surface area contributed by atoms with Gasteiger partial charge < -0.3 is 14.6 Å². The van der Waals surface area contributed by atoms with E-state index in [2.05, 4.69) is 0 Å². The summed E-state index contributed by atoms with van der Waals surface area (Å²) < 4.78 is 23.4. The third kappa shape index (κ3) is 4.72. The Morgan fingerprint density at radius 1 is 0.900 bits per heavy atom. The molecule has 1 N–H and O–H groups in total. The fourth-order valence-corrected chi connectivity index (χ4v) is 1.62. The highest BCUT2D eigenvalue weighted by Crippen LogP contribution is 2.16. The molecule has 0 spiro atoms. The first kappa shape index (κ1) is 14.6. The Kier molecular flexibility index (Phi) is 5.21. The highest BCUT2D eigenvalue weighted by molar-refractivity contribution is 6.30. The van der Waals surface area contributed by atoms with Gasteiger partial charge in [-0.15, -0.1) is 0 Å². The summed E-state index contributed by atoms with van der Waals surface area (Å²) in [6.45, 7) is 0.169. The van der Waals surface area contributed by atoms with Crippen LogP contribution in [0, 0.1) is 5.82 Å². The zero-order chi connectivity index (χ0) is 14.4. The second-order valence-corrected chi connectivity index (χ2v) is 4.62. The van der Waals surface area contributed by atoms with Gasteiger partial charge in [0.2, 0.25) is 0 Å². The maximum Gasteiger partial charge on any atom is 0.123 e. The van der Waals surface area contributed by atoms with E-state index in [4.69, 9.17) is 21.1 Å². The van der Waals surface area contributed by atoms with Crippen LogP contribution in [0.1, 0.15) is 0 Å². The van der Waals surface area contributed by atoms with E-state index in [1.54, 1.807) is 24.3 Å². The Labute approximate surface area is 121 Å². The number of aliphatic hydroxyl groups excluding tert-OH is 1. The van der Waals surface area contributed by atoms with Crippen molar-refractivity contribution >= 4 is 11.6 Å². The fourth-order valence-electron chi connectivity index (χ4n) is 1.49. The van der Waals surface area contributed by atoms with Gasteiger partial charge in [-0.25, -0.2) is 4.39 Å². The average molecular weight is 297 g/mol. The molecule has 2 rings (SSSR count). The molecule has 106 valence electrons. The fraction of sp³-hybridized carbons (Fsp3) is 0.200. The predicted octanol–water partition coefficient (Wildman–Crippen LogP) is 3.30. The molecular formula is C15H14ClFO3. The van der Waals surface area contributed by atoms with Crippen molar-refractivity contribution < 1.29 is 19.0 Å². The Morgan fingerprint density at radius 3 is 1.85 bits per heavy atom. The van der Waals surface area contributed by atoms with Crippen LogP contribution in [0.2, 0.25) is 5.02 Å². The van der Waals surface area contributed by atoms with Gasteiger partial charge >= 0.3 is 0 Å². The molecule has 1 atom stereocenters. The van der Waals surface area contributed by atoms with Crippen LogP contribution in [-0.4, -0.2) is 24.4 Å².